The van der Waals surface area contributed by atoms with Gasteiger partial charge in [0, 0.05) is 23.3 Å². The van der Waals surface area contributed by atoms with E-state index in [4.69, 9.17) is 4.74 Å². The number of rotatable bonds is 4. The lowest BCUT2D eigenvalue weighted by atomic mass is 10.0. The maximum atomic E-state index is 13.8. The van der Waals surface area contributed by atoms with Crippen LogP contribution in [0.1, 0.15) is 39.3 Å². The normalized spacial score (nSPS) is 16.7. The Morgan fingerprint density at radius 1 is 1.06 bits per heavy atom. The highest BCUT2D eigenvalue weighted by Gasteiger charge is 2.35. The molecule has 6 rings (SSSR count). The molecule has 182 valence electrons. The monoisotopic (exact) mass is 500 g/mol. The number of fused-ring (bicyclic) bond motifs is 4. The predicted octanol–water partition coefficient (Wildman–Crippen LogP) is 3.36. The van der Waals surface area contributed by atoms with Gasteiger partial charge < -0.3 is 15.0 Å². The number of aryl methyl sites for hydroxylation is 2. The molecule has 2 aliphatic rings. The van der Waals surface area contributed by atoms with Crippen molar-refractivity contribution >= 4 is 33.8 Å². The number of benzene rings is 2. The number of nitrogens with zero attached hydrogens (tertiary/aromatic N) is 3. The molecule has 0 unspecified atom stereocenters. The number of carbonyl (C=O) groups is 2. The van der Waals surface area contributed by atoms with Crippen molar-refractivity contribution in [2.24, 2.45) is 0 Å². The predicted molar refractivity (Wildman–Crippen MR) is 137 cm³/mol. The van der Waals surface area contributed by atoms with E-state index in [0.29, 0.717) is 22.9 Å². The molecule has 0 fully saturated rings. The smallest absolute Gasteiger partial charge is 0.271 e. The maximum Gasteiger partial charge on any atom is 0.271 e. The van der Waals surface area contributed by atoms with E-state index in [1.807, 2.05) is 30.3 Å². The van der Waals surface area contributed by atoms with E-state index in [2.05, 4.69) is 10.3 Å². The Bertz CT molecular complexity index is 1530. The average Bonchev–Trinajstić information content (AvgIpc) is 3.31. The van der Waals surface area contributed by atoms with E-state index in [1.165, 1.54) is 27.3 Å². The molecule has 0 spiro atoms. The molecule has 1 aliphatic heterocycles. The van der Waals surface area contributed by atoms with Crippen molar-refractivity contribution in [3.05, 3.63) is 92.8 Å². The summed E-state index contributed by atoms with van der Waals surface area (Å²) in [5, 5.41) is 2.89. The zero-order valence-corrected chi connectivity index (χ0v) is 20.3. The Labute approximate surface area is 211 Å². The van der Waals surface area contributed by atoms with Gasteiger partial charge in [0.2, 0.25) is 0 Å². The van der Waals surface area contributed by atoms with E-state index in [1.54, 1.807) is 28.7 Å². The maximum absolute atomic E-state index is 13.8. The fraction of sp³-hybridized carbons (Fsp3) is 0.259. The zero-order valence-electron chi connectivity index (χ0n) is 19.5. The molecule has 2 amide bonds. The number of para-hydroxylation sites is 2. The standard InChI is InChI=1S/C27H24N4O4S/c32-24(28-14-17-8-2-1-3-9-17)22-16-30(19-10-4-6-12-21(19)35-22)25(33)18-15-29-27-31(26(18)34)20-11-5-7-13-23(20)36-27/h1-4,6,8-10,12,15,22H,5,7,11,13-14,16H2,(H,28,32)/t22-/m0/s1. The first-order valence-corrected chi connectivity index (χ1v) is 12.8. The molecule has 2 aromatic heterocycles. The summed E-state index contributed by atoms with van der Waals surface area (Å²) in [5.41, 5.74) is 2.07. The lowest BCUT2D eigenvalue weighted by molar-refractivity contribution is -0.127. The van der Waals surface area contributed by atoms with Crippen LogP contribution in [0.3, 0.4) is 0 Å². The first kappa shape index (κ1) is 22.5. The van der Waals surface area contributed by atoms with Gasteiger partial charge in [-0.3, -0.25) is 18.8 Å². The Kier molecular flexibility index (Phi) is 5.77. The quantitative estimate of drug-likeness (QED) is 0.464. The molecule has 3 heterocycles. The highest BCUT2D eigenvalue weighted by atomic mass is 32.1. The number of aromatic nitrogens is 2. The highest BCUT2D eigenvalue weighted by molar-refractivity contribution is 7.17. The molecule has 0 bridgehead atoms. The summed E-state index contributed by atoms with van der Waals surface area (Å²) >= 11 is 1.52. The summed E-state index contributed by atoms with van der Waals surface area (Å²) in [7, 11) is 0. The van der Waals surface area contributed by atoms with Crippen LogP contribution >= 0.6 is 11.3 Å². The number of nitrogens with one attached hydrogen (secondary N) is 1. The summed E-state index contributed by atoms with van der Waals surface area (Å²) in [5.74, 6) is -0.406. The minimum Gasteiger partial charge on any atom is -0.477 e. The molecule has 1 N–H and O–H groups in total. The number of thiazole rings is 1. The number of amides is 2. The molecule has 1 atom stereocenters. The minimum atomic E-state index is -0.916. The average molecular weight is 501 g/mol. The van der Waals surface area contributed by atoms with Gasteiger partial charge in [-0.25, -0.2) is 4.98 Å². The van der Waals surface area contributed by atoms with Gasteiger partial charge in [0.25, 0.3) is 17.4 Å². The van der Waals surface area contributed by atoms with E-state index in [-0.39, 0.29) is 23.6 Å². The molecule has 0 saturated heterocycles. The second-order valence-electron chi connectivity index (χ2n) is 8.97. The van der Waals surface area contributed by atoms with Crippen molar-refractivity contribution in [3.63, 3.8) is 0 Å². The third kappa shape index (κ3) is 3.95. The van der Waals surface area contributed by atoms with Crippen LogP contribution in [0, 0.1) is 0 Å². The largest absolute Gasteiger partial charge is 0.477 e. The highest BCUT2D eigenvalue weighted by Crippen LogP contribution is 2.34. The molecular formula is C27H24N4O4S. The van der Waals surface area contributed by atoms with Gasteiger partial charge in [-0.1, -0.05) is 42.5 Å². The lowest BCUT2D eigenvalue weighted by Gasteiger charge is -2.34. The number of anilines is 1. The van der Waals surface area contributed by atoms with Crippen LogP contribution in [0.25, 0.3) is 4.96 Å². The Hall–Kier alpha value is -3.98. The molecule has 0 radical (unpaired) electrons. The van der Waals surface area contributed by atoms with Crippen LogP contribution in [0.5, 0.6) is 5.75 Å². The second kappa shape index (κ2) is 9.23. The molecule has 36 heavy (non-hydrogen) atoms. The summed E-state index contributed by atoms with van der Waals surface area (Å²) in [6.45, 7) is 0.334. The topological polar surface area (TPSA) is 93.0 Å². The first-order chi connectivity index (χ1) is 17.6. The van der Waals surface area contributed by atoms with Crippen LogP contribution in [-0.2, 0) is 24.2 Å². The second-order valence-corrected chi connectivity index (χ2v) is 10.0. The Balaban J connectivity index is 1.31. The molecular weight excluding hydrogens is 476 g/mol. The van der Waals surface area contributed by atoms with Crippen LogP contribution < -0.4 is 20.5 Å². The molecule has 1 aliphatic carbocycles. The molecule has 2 aromatic carbocycles. The number of ether oxygens (including phenoxy) is 1. The van der Waals surface area contributed by atoms with E-state index < -0.39 is 12.0 Å². The summed E-state index contributed by atoms with van der Waals surface area (Å²) in [6.07, 6.45) is 4.30. The number of carbonyl (C=O) groups excluding carboxylic acids is 2. The van der Waals surface area contributed by atoms with E-state index >= 15 is 0 Å². The minimum absolute atomic E-state index is 0.0135. The van der Waals surface area contributed by atoms with Gasteiger partial charge in [-0.05, 0) is 43.4 Å². The summed E-state index contributed by atoms with van der Waals surface area (Å²) in [4.78, 5) is 48.0. The third-order valence-electron chi connectivity index (χ3n) is 6.65. The van der Waals surface area contributed by atoms with Gasteiger partial charge in [0.15, 0.2) is 11.1 Å². The van der Waals surface area contributed by atoms with Crippen LogP contribution in [0.4, 0.5) is 5.69 Å². The fourth-order valence-electron chi connectivity index (χ4n) is 4.82. The molecule has 8 nitrogen and oxygen atoms in total. The van der Waals surface area contributed by atoms with E-state index in [9.17, 15) is 14.4 Å². The zero-order chi connectivity index (χ0) is 24.6. The van der Waals surface area contributed by atoms with Crippen molar-refractivity contribution in [2.45, 2.75) is 38.3 Å². The van der Waals surface area contributed by atoms with Crippen molar-refractivity contribution in [3.8, 4) is 5.75 Å². The van der Waals surface area contributed by atoms with Crippen molar-refractivity contribution in [2.75, 3.05) is 11.4 Å². The third-order valence-corrected chi connectivity index (χ3v) is 7.81. The van der Waals surface area contributed by atoms with E-state index in [0.717, 1.165) is 36.9 Å². The van der Waals surface area contributed by atoms with Gasteiger partial charge in [-0.15, -0.1) is 11.3 Å². The number of hydrogen-bond acceptors (Lipinski definition) is 6. The Morgan fingerprint density at radius 2 is 1.83 bits per heavy atom. The van der Waals surface area contributed by atoms with Gasteiger partial charge in [0.1, 0.15) is 11.3 Å². The van der Waals surface area contributed by atoms with Crippen LogP contribution in [0.15, 0.2) is 65.6 Å². The lowest BCUT2D eigenvalue weighted by Crippen LogP contribution is -2.51. The summed E-state index contributed by atoms with van der Waals surface area (Å²) < 4.78 is 7.56. The molecule has 4 aromatic rings. The Morgan fingerprint density at radius 3 is 2.69 bits per heavy atom. The molecule has 9 heteroatoms. The van der Waals surface area contributed by atoms with Crippen LogP contribution in [-0.4, -0.2) is 33.8 Å². The molecule has 0 saturated carbocycles. The van der Waals surface area contributed by atoms with Crippen molar-refractivity contribution in [1.82, 2.24) is 14.7 Å². The van der Waals surface area contributed by atoms with Gasteiger partial charge in [0.05, 0.1) is 12.2 Å². The van der Waals surface area contributed by atoms with Gasteiger partial charge >= 0.3 is 0 Å². The fourth-order valence-corrected chi connectivity index (χ4v) is 5.99. The summed E-state index contributed by atoms with van der Waals surface area (Å²) in [6, 6.07) is 16.6. The van der Waals surface area contributed by atoms with Crippen molar-refractivity contribution < 1.29 is 14.3 Å². The first-order valence-electron chi connectivity index (χ1n) is 12.0. The van der Waals surface area contributed by atoms with Crippen LogP contribution in [0.2, 0.25) is 0 Å². The SMILES string of the molecule is O=C(NCc1ccccc1)[C@@H]1CN(C(=O)c2cnc3sc4c(n3c2=O)CCCC4)c2ccccc2O1. The van der Waals surface area contributed by atoms with Gasteiger partial charge in [-0.2, -0.15) is 0 Å². The number of hydrogen-bond donors (Lipinski definition) is 1. The van der Waals surface area contributed by atoms with Crippen molar-refractivity contribution in [1.29, 1.82) is 0 Å².